The van der Waals surface area contributed by atoms with Crippen LogP contribution in [-0.4, -0.2) is 42.9 Å². The predicted octanol–water partition coefficient (Wildman–Crippen LogP) is 7.67. The van der Waals surface area contributed by atoms with Crippen LogP contribution in [0.25, 0.3) is 0 Å². The number of aryl methyl sites for hydroxylation is 1. The molecule has 0 radical (unpaired) electrons. The highest BCUT2D eigenvalue weighted by Gasteiger charge is 2.24. The van der Waals surface area contributed by atoms with Gasteiger partial charge in [-0.25, -0.2) is 0 Å². The average Bonchev–Trinajstić information content (AvgIpc) is 3.48. The maximum Gasteiger partial charge on any atom is 0.219 e. The first-order valence-corrected chi connectivity index (χ1v) is 14.7. The van der Waals surface area contributed by atoms with Crippen LogP contribution < -0.4 is 10.1 Å². The highest BCUT2D eigenvalue weighted by atomic mass is 16.5. The number of benzene rings is 2. The van der Waals surface area contributed by atoms with E-state index in [0.717, 1.165) is 69.9 Å². The van der Waals surface area contributed by atoms with E-state index in [1.54, 1.807) is 6.92 Å². The van der Waals surface area contributed by atoms with Crippen LogP contribution >= 0.6 is 0 Å². The summed E-state index contributed by atoms with van der Waals surface area (Å²) < 4.78 is 6.01. The fourth-order valence-electron chi connectivity index (χ4n) is 4.73. The van der Waals surface area contributed by atoms with Gasteiger partial charge in [-0.3, -0.25) is 9.79 Å². The van der Waals surface area contributed by atoms with Gasteiger partial charge in [0.1, 0.15) is 11.6 Å². The second kappa shape index (κ2) is 13.5. The Labute approximate surface area is 237 Å². The molecule has 0 saturated carbocycles. The minimum Gasteiger partial charge on any atom is -0.494 e. The number of carbonyl (C=O) groups is 1. The van der Waals surface area contributed by atoms with Gasteiger partial charge in [-0.1, -0.05) is 72.7 Å². The third kappa shape index (κ3) is 10.7. The molecule has 1 N–H and O–H groups in total. The van der Waals surface area contributed by atoms with Crippen molar-refractivity contribution in [2.24, 2.45) is 16.3 Å². The lowest BCUT2D eigenvalue weighted by Gasteiger charge is -2.19. The highest BCUT2D eigenvalue weighted by Crippen LogP contribution is 2.27. The van der Waals surface area contributed by atoms with Crippen molar-refractivity contribution in [2.75, 3.05) is 31.6 Å². The monoisotopic (exact) mass is 533 g/mol. The Balaban J connectivity index is 0.000000771. The van der Waals surface area contributed by atoms with Crippen LogP contribution in [0.3, 0.4) is 0 Å². The number of hydrogen-bond donors (Lipinski definition) is 1. The molecule has 0 aliphatic carbocycles. The van der Waals surface area contributed by atoms with Gasteiger partial charge in [0.15, 0.2) is 0 Å². The number of rotatable bonds is 8. The van der Waals surface area contributed by atoms with Gasteiger partial charge in [-0.15, -0.1) is 0 Å². The number of hydrogen-bond acceptors (Lipinski definition) is 3. The predicted molar refractivity (Wildman–Crippen MR) is 165 cm³/mol. The minimum absolute atomic E-state index is 0.138. The van der Waals surface area contributed by atoms with Crippen LogP contribution in [0.2, 0.25) is 0 Å². The van der Waals surface area contributed by atoms with Gasteiger partial charge in [-0.05, 0) is 77.3 Å². The van der Waals surface area contributed by atoms with E-state index in [2.05, 4.69) is 90.2 Å². The summed E-state index contributed by atoms with van der Waals surface area (Å²) in [6.45, 7) is 20.3. The van der Waals surface area contributed by atoms with Crippen molar-refractivity contribution in [3.8, 4) is 5.75 Å². The van der Waals surface area contributed by atoms with E-state index in [1.165, 1.54) is 22.4 Å². The zero-order valence-corrected chi connectivity index (χ0v) is 25.7. The molecule has 5 nitrogen and oxygen atoms in total. The van der Waals surface area contributed by atoms with Gasteiger partial charge < -0.3 is 15.0 Å². The smallest absolute Gasteiger partial charge is 0.219 e. The molecule has 2 aromatic rings. The number of nitrogens with one attached hydrogen (secondary N) is 1. The first kappa shape index (κ1) is 30.7. The van der Waals surface area contributed by atoms with E-state index < -0.39 is 0 Å². The molecule has 4 rings (SSSR count). The molecule has 1 amide bonds. The number of aliphatic imine (C=N–C) groups is 1. The maximum absolute atomic E-state index is 11.5. The molecule has 0 aromatic heterocycles. The third-order valence-electron chi connectivity index (χ3n) is 6.91. The fraction of sp³-hybridized carbons (Fsp3) is 0.588. The Morgan fingerprint density at radius 1 is 1.05 bits per heavy atom. The summed E-state index contributed by atoms with van der Waals surface area (Å²) in [7, 11) is 0. The molecule has 2 heterocycles. The van der Waals surface area contributed by atoms with Crippen molar-refractivity contribution < 1.29 is 9.53 Å². The maximum atomic E-state index is 11.5. The number of unbranched alkanes of at least 4 members (excludes halogenated alkanes) is 1. The Bertz CT molecular complexity index is 1120. The molecule has 1 unspecified atom stereocenters. The number of carbonyl (C=O) groups excluding carboxylic acids is 1. The largest absolute Gasteiger partial charge is 0.494 e. The van der Waals surface area contributed by atoms with E-state index in [0.29, 0.717) is 11.3 Å². The normalized spacial score (nSPS) is 17.9. The minimum atomic E-state index is 0.138. The zero-order chi connectivity index (χ0) is 28.6. The van der Waals surface area contributed by atoms with Crippen molar-refractivity contribution in [1.82, 2.24) is 4.90 Å². The Morgan fingerprint density at radius 2 is 1.79 bits per heavy atom. The molecule has 214 valence electrons. The van der Waals surface area contributed by atoms with Gasteiger partial charge in [-0.2, -0.15) is 0 Å². The van der Waals surface area contributed by atoms with Gasteiger partial charge >= 0.3 is 0 Å². The summed E-state index contributed by atoms with van der Waals surface area (Å²) in [5.74, 6) is 2.68. The SMILES string of the molecule is CC(=O)N1CCC(CN=C2Cc3cc(CCCCOc4cccc(C(C)(C)C)c4)ccc3N2)C1.CC(C)(C)C. The fourth-order valence-corrected chi connectivity index (χ4v) is 4.73. The van der Waals surface area contributed by atoms with E-state index in [4.69, 9.17) is 9.73 Å². The average molecular weight is 534 g/mol. The standard InChI is InChI=1S/C29H39N3O2.C5H12/c1-21(33)32-14-13-23(20-32)19-30-28-17-24-16-22(11-12-27(24)31-28)8-5-6-15-34-26-10-7-9-25(18-26)29(2,3)4;1-5(2,3)4/h7,9-12,16,18,23H,5-6,8,13-15,17,19-20H2,1-4H3,(H,30,31);1-4H3. The summed E-state index contributed by atoms with van der Waals surface area (Å²) >= 11 is 0. The number of amides is 1. The first-order chi connectivity index (χ1) is 18.3. The lowest BCUT2D eigenvalue weighted by Crippen LogP contribution is -2.26. The summed E-state index contributed by atoms with van der Waals surface area (Å²) in [5.41, 5.74) is 5.84. The summed E-state index contributed by atoms with van der Waals surface area (Å²) in [6, 6.07) is 15.2. The van der Waals surface area contributed by atoms with E-state index in [9.17, 15) is 4.79 Å². The topological polar surface area (TPSA) is 53.9 Å². The number of anilines is 1. The van der Waals surface area contributed by atoms with Gasteiger partial charge in [0.25, 0.3) is 0 Å². The number of nitrogens with zero attached hydrogens (tertiary/aromatic N) is 2. The lowest BCUT2D eigenvalue weighted by atomic mass is 9.87. The number of amidine groups is 1. The van der Waals surface area contributed by atoms with Crippen molar-refractivity contribution >= 4 is 17.4 Å². The van der Waals surface area contributed by atoms with Crippen LogP contribution in [0.1, 0.15) is 91.3 Å². The van der Waals surface area contributed by atoms with Crippen LogP contribution in [0.5, 0.6) is 5.75 Å². The molecule has 2 aromatic carbocycles. The van der Waals surface area contributed by atoms with Crippen molar-refractivity contribution in [1.29, 1.82) is 0 Å². The summed E-state index contributed by atoms with van der Waals surface area (Å²) in [6.07, 6.45) is 5.15. The van der Waals surface area contributed by atoms with Gasteiger partial charge in [0.05, 0.1) is 6.61 Å². The summed E-state index contributed by atoms with van der Waals surface area (Å²) in [4.78, 5) is 18.3. The molecule has 0 spiro atoms. The highest BCUT2D eigenvalue weighted by molar-refractivity contribution is 6.03. The lowest BCUT2D eigenvalue weighted by molar-refractivity contribution is -0.127. The third-order valence-corrected chi connectivity index (χ3v) is 6.91. The molecule has 2 aliphatic rings. The number of ether oxygens (including phenoxy) is 1. The van der Waals surface area contributed by atoms with E-state index in [-0.39, 0.29) is 11.3 Å². The first-order valence-electron chi connectivity index (χ1n) is 14.7. The molecule has 0 bridgehead atoms. The molecular formula is C34H51N3O2. The second-order valence-corrected chi connectivity index (χ2v) is 13.8. The van der Waals surface area contributed by atoms with Crippen LogP contribution in [0, 0.1) is 11.3 Å². The zero-order valence-electron chi connectivity index (χ0n) is 25.7. The Kier molecular flexibility index (Phi) is 10.6. The molecule has 39 heavy (non-hydrogen) atoms. The van der Waals surface area contributed by atoms with Crippen molar-refractivity contribution in [2.45, 2.75) is 92.9 Å². The van der Waals surface area contributed by atoms with Crippen molar-refractivity contribution in [3.63, 3.8) is 0 Å². The Hall–Kier alpha value is -2.82. The molecule has 1 fully saturated rings. The van der Waals surface area contributed by atoms with E-state index in [1.807, 2.05) is 11.0 Å². The van der Waals surface area contributed by atoms with Crippen LogP contribution in [0.4, 0.5) is 5.69 Å². The van der Waals surface area contributed by atoms with Crippen molar-refractivity contribution in [3.05, 3.63) is 59.2 Å². The molecule has 1 saturated heterocycles. The van der Waals surface area contributed by atoms with Crippen LogP contribution in [-0.2, 0) is 23.1 Å². The number of likely N-dealkylation sites (tertiary alicyclic amines) is 1. The van der Waals surface area contributed by atoms with Gasteiger partial charge in [0.2, 0.25) is 5.91 Å². The quantitative estimate of drug-likeness (QED) is 0.354. The Morgan fingerprint density at radius 3 is 2.46 bits per heavy atom. The second-order valence-electron chi connectivity index (χ2n) is 13.8. The number of fused-ring (bicyclic) bond motifs is 1. The van der Waals surface area contributed by atoms with Crippen LogP contribution in [0.15, 0.2) is 47.5 Å². The molecule has 5 heteroatoms. The molecular weight excluding hydrogens is 482 g/mol. The van der Waals surface area contributed by atoms with Gasteiger partial charge in [0, 0.05) is 38.7 Å². The molecule has 1 atom stereocenters. The molecule has 2 aliphatic heterocycles. The van der Waals surface area contributed by atoms with E-state index >= 15 is 0 Å². The summed E-state index contributed by atoms with van der Waals surface area (Å²) in [5, 5.41) is 3.48.